The molecular weight excluding hydrogens is 254 g/mol. The van der Waals surface area contributed by atoms with E-state index >= 15 is 0 Å². The van der Waals surface area contributed by atoms with Crippen molar-refractivity contribution in [3.8, 4) is 0 Å². The quantitative estimate of drug-likeness (QED) is 0.699. The first kappa shape index (κ1) is 14.4. The molecule has 1 nitrogen and oxygen atoms in total. The Morgan fingerprint density at radius 1 is 0.857 bits per heavy atom. The number of benzene rings is 1. The van der Waals surface area contributed by atoms with Gasteiger partial charge < -0.3 is 5.32 Å². The Morgan fingerprint density at radius 3 is 1.90 bits per heavy atom. The van der Waals surface area contributed by atoms with Gasteiger partial charge in [-0.2, -0.15) is 0 Å². The molecular formula is C20H27N. The molecule has 2 unspecified atom stereocenters. The zero-order valence-electron chi connectivity index (χ0n) is 13.7. The number of para-hydroxylation sites is 1. The lowest BCUT2D eigenvalue weighted by molar-refractivity contribution is 0.502. The van der Waals surface area contributed by atoms with Crippen LogP contribution in [0.5, 0.6) is 0 Å². The van der Waals surface area contributed by atoms with Crippen LogP contribution in [-0.4, -0.2) is 6.04 Å². The van der Waals surface area contributed by atoms with E-state index in [-0.39, 0.29) is 0 Å². The van der Waals surface area contributed by atoms with Crippen molar-refractivity contribution in [3.05, 3.63) is 52.6 Å². The van der Waals surface area contributed by atoms with Crippen LogP contribution in [0.1, 0.15) is 47.0 Å². The SMILES string of the molecule is CC1=C2CCCC(=C(C)C(C)C1C)C2Nc1ccccc1. The smallest absolute Gasteiger partial charge is 0.0692 e. The number of nitrogens with one attached hydrogen (secondary N) is 1. The summed E-state index contributed by atoms with van der Waals surface area (Å²) in [5, 5.41) is 3.81. The lowest BCUT2D eigenvalue weighted by Crippen LogP contribution is -2.29. The van der Waals surface area contributed by atoms with Gasteiger partial charge in [0.1, 0.15) is 0 Å². The number of hydrogen-bond acceptors (Lipinski definition) is 1. The number of allylic oxidation sites excluding steroid dienone is 2. The van der Waals surface area contributed by atoms with Gasteiger partial charge in [0.25, 0.3) is 0 Å². The lowest BCUT2D eigenvalue weighted by atomic mass is 9.82. The van der Waals surface area contributed by atoms with E-state index in [2.05, 4.69) is 63.3 Å². The minimum atomic E-state index is 0.425. The fourth-order valence-electron chi connectivity index (χ4n) is 4.03. The normalized spacial score (nSPS) is 29.4. The van der Waals surface area contributed by atoms with Gasteiger partial charge in [0.2, 0.25) is 0 Å². The highest BCUT2D eigenvalue weighted by Crippen LogP contribution is 2.43. The lowest BCUT2D eigenvalue weighted by Gasteiger charge is -2.32. The van der Waals surface area contributed by atoms with Crippen molar-refractivity contribution >= 4 is 5.69 Å². The molecule has 0 spiro atoms. The molecule has 21 heavy (non-hydrogen) atoms. The average molecular weight is 281 g/mol. The van der Waals surface area contributed by atoms with E-state index in [0.29, 0.717) is 17.9 Å². The minimum Gasteiger partial charge on any atom is -0.375 e. The van der Waals surface area contributed by atoms with Gasteiger partial charge in [0.15, 0.2) is 0 Å². The first-order valence-electron chi connectivity index (χ1n) is 8.30. The van der Waals surface area contributed by atoms with Crippen LogP contribution >= 0.6 is 0 Å². The van der Waals surface area contributed by atoms with Gasteiger partial charge in [0, 0.05) is 5.69 Å². The van der Waals surface area contributed by atoms with E-state index in [4.69, 9.17) is 0 Å². The zero-order valence-corrected chi connectivity index (χ0v) is 13.7. The summed E-state index contributed by atoms with van der Waals surface area (Å²) < 4.78 is 0. The summed E-state index contributed by atoms with van der Waals surface area (Å²) in [6, 6.07) is 11.1. The molecule has 1 fully saturated rings. The molecule has 0 heterocycles. The van der Waals surface area contributed by atoms with Crippen LogP contribution in [0.4, 0.5) is 5.69 Å². The van der Waals surface area contributed by atoms with Crippen LogP contribution in [0.2, 0.25) is 0 Å². The summed E-state index contributed by atoms with van der Waals surface area (Å²) in [7, 11) is 0. The first-order chi connectivity index (χ1) is 10.1. The molecule has 0 aliphatic heterocycles. The number of hydrogen-bond donors (Lipinski definition) is 1. The molecule has 112 valence electrons. The Kier molecular flexibility index (Phi) is 3.93. The molecule has 1 aromatic rings. The largest absolute Gasteiger partial charge is 0.375 e. The molecule has 2 aliphatic rings. The molecule has 0 amide bonds. The van der Waals surface area contributed by atoms with E-state index in [0.717, 1.165) is 0 Å². The second-order valence-electron chi connectivity index (χ2n) is 6.79. The molecule has 3 rings (SSSR count). The standard InChI is InChI=1S/C20H27N/c1-13-14(2)16(4)19-12-8-11-18(15(13)3)20(19)21-17-9-6-5-7-10-17/h5-7,9-10,13-14,20-21H,8,11-12H2,1-4H3. The third-order valence-electron chi connectivity index (χ3n) is 5.80. The Hall–Kier alpha value is -1.50. The fraction of sp³-hybridized carbons (Fsp3) is 0.500. The molecule has 0 aromatic heterocycles. The zero-order chi connectivity index (χ0) is 15.0. The Bertz CT molecular complexity index is 547. The molecule has 2 bridgehead atoms. The van der Waals surface area contributed by atoms with Crippen molar-refractivity contribution in [1.82, 2.24) is 0 Å². The summed E-state index contributed by atoms with van der Waals surface area (Å²) >= 11 is 0. The van der Waals surface area contributed by atoms with Crippen LogP contribution in [0.25, 0.3) is 0 Å². The van der Waals surface area contributed by atoms with Crippen LogP contribution in [-0.2, 0) is 0 Å². The predicted octanol–water partition coefficient (Wildman–Crippen LogP) is 5.57. The van der Waals surface area contributed by atoms with Crippen LogP contribution in [0, 0.1) is 11.8 Å². The summed E-state index contributed by atoms with van der Waals surface area (Å²) in [5.74, 6) is 1.33. The van der Waals surface area contributed by atoms with Gasteiger partial charge in [-0.15, -0.1) is 0 Å². The number of fused-ring (bicyclic) bond motifs is 2. The Balaban J connectivity index is 2.05. The molecule has 1 N–H and O–H groups in total. The topological polar surface area (TPSA) is 12.0 Å². The summed E-state index contributed by atoms with van der Waals surface area (Å²) in [6.07, 6.45) is 3.82. The Labute approximate surface area is 129 Å². The molecule has 1 saturated carbocycles. The average Bonchev–Trinajstić information content (AvgIpc) is 2.55. The monoisotopic (exact) mass is 281 g/mol. The van der Waals surface area contributed by atoms with Gasteiger partial charge in [-0.1, -0.05) is 43.2 Å². The third-order valence-corrected chi connectivity index (χ3v) is 5.80. The first-order valence-corrected chi connectivity index (χ1v) is 8.30. The van der Waals surface area contributed by atoms with Crippen LogP contribution < -0.4 is 5.32 Å². The van der Waals surface area contributed by atoms with Crippen LogP contribution in [0.15, 0.2) is 52.6 Å². The summed E-state index contributed by atoms with van der Waals surface area (Å²) in [6.45, 7) is 9.52. The summed E-state index contributed by atoms with van der Waals surface area (Å²) in [5.41, 5.74) is 7.77. The molecule has 1 aromatic carbocycles. The molecule has 0 saturated heterocycles. The van der Waals surface area contributed by atoms with E-state index in [1.807, 2.05) is 0 Å². The highest BCUT2D eigenvalue weighted by molar-refractivity contribution is 5.52. The highest BCUT2D eigenvalue weighted by atomic mass is 14.9. The van der Waals surface area contributed by atoms with E-state index in [9.17, 15) is 0 Å². The molecule has 2 aliphatic carbocycles. The van der Waals surface area contributed by atoms with E-state index < -0.39 is 0 Å². The molecule has 1 heteroatoms. The number of anilines is 1. The Morgan fingerprint density at radius 2 is 1.38 bits per heavy atom. The maximum absolute atomic E-state index is 3.81. The fourth-order valence-corrected chi connectivity index (χ4v) is 4.03. The van der Waals surface area contributed by atoms with Gasteiger partial charge >= 0.3 is 0 Å². The highest BCUT2D eigenvalue weighted by Gasteiger charge is 2.33. The van der Waals surface area contributed by atoms with Gasteiger partial charge in [-0.05, 0) is 68.2 Å². The van der Waals surface area contributed by atoms with Gasteiger partial charge in [-0.3, -0.25) is 0 Å². The second kappa shape index (κ2) is 5.71. The maximum atomic E-state index is 3.81. The van der Waals surface area contributed by atoms with Crippen molar-refractivity contribution in [2.75, 3.05) is 5.32 Å². The predicted molar refractivity (Wildman–Crippen MR) is 91.4 cm³/mol. The van der Waals surface area contributed by atoms with Gasteiger partial charge in [0.05, 0.1) is 6.04 Å². The van der Waals surface area contributed by atoms with E-state index in [1.165, 1.54) is 24.9 Å². The van der Waals surface area contributed by atoms with Crippen molar-refractivity contribution < 1.29 is 0 Å². The molecule has 0 radical (unpaired) electrons. The van der Waals surface area contributed by atoms with Gasteiger partial charge in [-0.25, -0.2) is 0 Å². The maximum Gasteiger partial charge on any atom is 0.0692 e. The summed E-state index contributed by atoms with van der Waals surface area (Å²) in [4.78, 5) is 0. The molecule has 2 atom stereocenters. The van der Waals surface area contributed by atoms with Crippen molar-refractivity contribution in [2.24, 2.45) is 11.8 Å². The van der Waals surface area contributed by atoms with E-state index in [1.54, 1.807) is 22.3 Å². The van der Waals surface area contributed by atoms with Crippen molar-refractivity contribution in [2.45, 2.75) is 53.0 Å². The third kappa shape index (κ3) is 2.54. The number of rotatable bonds is 2. The van der Waals surface area contributed by atoms with Crippen molar-refractivity contribution in [1.29, 1.82) is 0 Å². The van der Waals surface area contributed by atoms with Crippen LogP contribution in [0.3, 0.4) is 0 Å². The minimum absolute atomic E-state index is 0.425. The van der Waals surface area contributed by atoms with Crippen molar-refractivity contribution in [3.63, 3.8) is 0 Å². The second-order valence-corrected chi connectivity index (χ2v) is 6.79.